The molecule has 1 fully saturated rings. The van der Waals surface area contributed by atoms with E-state index in [1.807, 2.05) is 25.7 Å². The summed E-state index contributed by atoms with van der Waals surface area (Å²) in [6.45, 7) is 8.56. The summed E-state index contributed by atoms with van der Waals surface area (Å²) in [7, 11) is 1.89. The molecule has 0 aliphatic carbocycles. The van der Waals surface area contributed by atoms with Crippen LogP contribution in [-0.2, 0) is 0 Å². The lowest BCUT2D eigenvalue weighted by atomic mass is 10.1. The maximum Gasteiger partial charge on any atom is 0.318 e. The molecule has 1 atom stereocenters. The Morgan fingerprint density at radius 2 is 2.17 bits per heavy atom. The molecule has 0 amide bonds. The Hall–Kier alpha value is -0.750. The van der Waals surface area contributed by atoms with Gasteiger partial charge in [-0.05, 0) is 20.4 Å². The van der Waals surface area contributed by atoms with Crippen LogP contribution < -0.4 is 10.2 Å². The molecule has 18 heavy (non-hydrogen) atoms. The minimum absolute atomic E-state index is 0.101. The topological polar surface area (TPSA) is 54.2 Å². The summed E-state index contributed by atoms with van der Waals surface area (Å²) in [6.07, 6.45) is 1.14. The molecule has 0 spiro atoms. The molecular weight excluding hydrogens is 248 g/mol. The fraction of sp³-hybridized carbons (Fsp3) is 0.833. The van der Waals surface area contributed by atoms with E-state index in [1.54, 1.807) is 0 Å². The third-order valence-corrected chi connectivity index (χ3v) is 4.71. The van der Waals surface area contributed by atoms with Crippen LogP contribution >= 0.6 is 11.8 Å². The standard InChI is InChI=1S/C12H22N4OS/c1-9(13-4)10-14-15-11(17-10)16-6-5-12(2,3)18-8-7-16/h9,13H,5-8H2,1-4H3. The van der Waals surface area contributed by atoms with Gasteiger partial charge in [-0.1, -0.05) is 18.9 Å². The number of anilines is 1. The van der Waals surface area contributed by atoms with Crippen molar-refractivity contribution in [2.75, 3.05) is 30.8 Å². The van der Waals surface area contributed by atoms with Crippen molar-refractivity contribution in [3.8, 4) is 0 Å². The number of hydrogen-bond donors (Lipinski definition) is 1. The monoisotopic (exact) mass is 270 g/mol. The number of hydrogen-bond acceptors (Lipinski definition) is 6. The number of nitrogens with zero attached hydrogens (tertiary/aromatic N) is 3. The van der Waals surface area contributed by atoms with Gasteiger partial charge in [-0.2, -0.15) is 11.8 Å². The van der Waals surface area contributed by atoms with Gasteiger partial charge in [-0.3, -0.25) is 0 Å². The maximum absolute atomic E-state index is 5.73. The summed E-state index contributed by atoms with van der Waals surface area (Å²) in [4.78, 5) is 2.20. The molecule has 102 valence electrons. The van der Waals surface area contributed by atoms with Crippen LogP contribution in [0.2, 0.25) is 0 Å². The molecule has 0 bridgehead atoms. The Kier molecular flexibility index (Phi) is 4.17. The van der Waals surface area contributed by atoms with E-state index in [1.165, 1.54) is 0 Å². The normalized spacial score (nSPS) is 21.7. The van der Waals surface area contributed by atoms with Crippen LogP contribution in [0.5, 0.6) is 0 Å². The summed E-state index contributed by atoms with van der Waals surface area (Å²) in [5.41, 5.74) is 0. The van der Waals surface area contributed by atoms with Crippen molar-refractivity contribution >= 4 is 17.8 Å². The van der Waals surface area contributed by atoms with Crippen molar-refractivity contribution in [1.29, 1.82) is 0 Å². The fourth-order valence-electron chi connectivity index (χ4n) is 1.86. The maximum atomic E-state index is 5.73. The minimum Gasteiger partial charge on any atom is -0.406 e. The highest BCUT2D eigenvalue weighted by atomic mass is 32.2. The second kappa shape index (κ2) is 5.48. The average Bonchev–Trinajstić information content (AvgIpc) is 2.74. The van der Waals surface area contributed by atoms with Gasteiger partial charge in [-0.15, -0.1) is 5.10 Å². The summed E-state index contributed by atoms with van der Waals surface area (Å²) >= 11 is 2.01. The highest BCUT2D eigenvalue weighted by Crippen LogP contribution is 2.32. The predicted molar refractivity (Wildman–Crippen MR) is 75.1 cm³/mol. The second-order valence-corrected chi connectivity index (χ2v) is 7.08. The Morgan fingerprint density at radius 3 is 2.89 bits per heavy atom. The van der Waals surface area contributed by atoms with E-state index in [4.69, 9.17) is 4.42 Å². The van der Waals surface area contributed by atoms with Gasteiger partial charge < -0.3 is 14.6 Å². The largest absolute Gasteiger partial charge is 0.406 e. The molecule has 1 aromatic heterocycles. The molecule has 6 heteroatoms. The molecule has 1 unspecified atom stereocenters. The van der Waals surface area contributed by atoms with Crippen molar-refractivity contribution in [3.05, 3.63) is 5.89 Å². The lowest BCUT2D eigenvalue weighted by molar-refractivity contribution is 0.429. The lowest BCUT2D eigenvalue weighted by Gasteiger charge is -2.21. The minimum atomic E-state index is 0.101. The molecule has 2 rings (SSSR count). The van der Waals surface area contributed by atoms with Gasteiger partial charge in [0.05, 0.1) is 6.04 Å². The van der Waals surface area contributed by atoms with Crippen LogP contribution in [0.25, 0.3) is 0 Å². The van der Waals surface area contributed by atoms with Gasteiger partial charge >= 0.3 is 6.01 Å². The first-order chi connectivity index (χ1) is 8.52. The molecule has 1 aliphatic heterocycles. The first-order valence-corrected chi connectivity index (χ1v) is 7.40. The molecule has 5 nitrogen and oxygen atoms in total. The van der Waals surface area contributed by atoms with E-state index in [-0.39, 0.29) is 6.04 Å². The average molecular weight is 270 g/mol. The highest BCUT2D eigenvalue weighted by molar-refractivity contribution is 8.00. The molecule has 0 radical (unpaired) electrons. The van der Waals surface area contributed by atoms with Gasteiger partial charge in [-0.25, -0.2) is 0 Å². The molecule has 2 heterocycles. The van der Waals surface area contributed by atoms with Crippen LogP contribution in [0, 0.1) is 0 Å². The zero-order valence-electron chi connectivity index (χ0n) is 11.6. The highest BCUT2D eigenvalue weighted by Gasteiger charge is 2.26. The van der Waals surface area contributed by atoms with E-state index in [2.05, 4.69) is 34.3 Å². The van der Waals surface area contributed by atoms with E-state index in [0.29, 0.717) is 16.7 Å². The van der Waals surface area contributed by atoms with Crippen LogP contribution in [0.3, 0.4) is 0 Å². The van der Waals surface area contributed by atoms with Gasteiger partial charge in [0.25, 0.3) is 0 Å². The molecule has 1 N–H and O–H groups in total. The Morgan fingerprint density at radius 1 is 1.39 bits per heavy atom. The third-order valence-electron chi connectivity index (χ3n) is 3.34. The van der Waals surface area contributed by atoms with Gasteiger partial charge in [0.1, 0.15) is 0 Å². The van der Waals surface area contributed by atoms with Crippen LogP contribution in [0.4, 0.5) is 6.01 Å². The summed E-state index contributed by atoms with van der Waals surface area (Å²) < 4.78 is 6.07. The van der Waals surface area contributed by atoms with Gasteiger partial charge in [0, 0.05) is 23.6 Å². The number of thioether (sulfide) groups is 1. The number of rotatable bonds is 3. The zero-order chi connectivity index (χ0) is 13.2. The third kappa shape index (κ3) is 3.17. The zero-order valence-corrected chi connectivity index (χ0v) is 12.4. The van der Waals surface area contributed by atoms with Crippen molar-refractivity contribution < 1.29 is 4.42 Å². The molecule has 0 saturated carbocycles. The summed E-state index contributed by atoms with van der Waals surface area (Å²) in [5.74, 6) is 1.76. The first-order valence-electron chi connectivity index (χ1n) is 6.41. The molecule has 1 aliphatic rings. The van der Waals surface area contributed by atoms with E-state index in [0.717, 1.165) is 25.3 Å². The SMILES string of the molecule is CNC(C)c1nnc(N2CCSC(C)(C)CC2)o1. The molecule has 0 aromatic carbocycles. The Bertz CT molecular complexity index is 393. The van der Waals surface area contributed by atoms with Crippen LogP contribution in [-0.4, -0.2) is 40.8 Å². The van der Waals surface area contributed by atoms with Crippen molar-refractivity contribution in [1.82, 2.24) is 15.5 Å². The van der Waals surface area contributed by atoms with Crippen LogP contribution in [0.1, 0.15) is 39.1 Å². The smallest absolute Gasteiger partial charge is 0.318 e. The predicted octanol–water partition coefficient (Wildman–Crippen LogP) is 2.07. The van der Waals surface area contributed by atoms with Gasteiger partial charge in [0.15, 0.2) is 0 Å². The van der Waals surface area contributed by atoms with Crippen molar-refractivity contribution in [3.63, 3.8) is 0 Å². The van der Waals surface area contributed by atoms with E-state index < -0.39 is 0 Å². The van der Waals surface area contributed by atoms with Crippen molar-refractivity contribution in [2.45, 2.75) is 38.0 Å². The lowest BCUT2D eigenvalue weighted by Crippen LogP contribution is -2.27. The summed E-state index contributed by atoms with van der Waals surface area (Å²) in [5, 5.41) is 11.4. The fourth-order valence-corrected chi connectivity index (χ4v) is 2.96. The van der Waals surface area contributed by atoms with Crippen molar-refractivity contribution in [2.24, 2.45) is 0 Å². The van der Waals surface area contributed by atoms with E-state index >= 15 is 0 Å². The second-order valence-electron chi connectivity index (χ2n) is 5.28. The van der Waals surface area contributed by atoms with Crippen LogP contribution in [0.15, 0.2) is 4.42 Å². The quantitative estimate of drug-likeness (QED) is 0.907. The number of nitrogens with one attached hydrogen (secondary N) is 1. The Labute approximate surface area is 113 Å². The van der Waals surface area contributed by atoms with E-state index in [9.17, 15) is 0 Å². The number of aromatic nitrogens is 2. The molecule has 1 aromatic rings. The summed E-state index contributed by atoms with van der Waals surface area (Å²) in [6, 6.07) is 0.759. The molecular formula is C12H22N4OS. The Balaban J connectivity index is 2.05. The first kappa shape index (κ1) is 13.7. The van der Waals surface area contributed by atoms with Gasteiger partial charge in [0.2, 0.25) is 5.89 Å². The molecule has 1 saturated heterocycles.